The molecule has 2 rings (SSSR count). The second-order valence-electron chi connectivity index (χ2n) is 4.85. The van der Waals surface area contributed by atoms with Crippen molar-refractivity contribution in [1.82, 2.24) is 5.32 Å². The number of carboxylic acid groups (broad SMARTS) is 1. The fourth-order valence-corrected chi connectivity index (χ4v) is 2.43. The number of carboxylic acids is 1. The molecule has 0 spiro atoms. The lowest BCUT2D eigenvalue weighted by Crippen LogP contribution is -2.48. The molecular formula is C13H14Cl2N2O3. The molecule has 3 N–H and O–H groups in total. The van der Waals surface area contributed by atoms with Crippen LogP contribution in [-0.4, -0.2) is 23.7 Å². The zero-order chi connectivity index (χ0) is 14.8. The minimum Gasteiger partial charge on any atom is -0.481 e. The standard InChI is InChI=1S/C13H14Cl2N2O3/c14-8-3-1-4-9(10(8)15)17-12(20)16-7-13(11(18)19)5-2-6-13/h1,3-4H,2,5-7H2,(H,18,19)(H2,16,17,20). The van der Waals surface area contributed by atoms with E-state index in [1.165, 1.54) is 0 Å². The highest BCUT2D eigenvalue weighted by Gasteiger charge is 2.44. The van der Waals surface area contributed by atoms with Crippen molar-refractivity contribution in [3.05, 3.63) is 28.2 Å². The van der Waals surface area contributed by atoms with E-state index in [1.54, 1.807) is 18.2 Å². The van der Waals surface area contributed by atoms with Crippen LogP contribution in [0.15, 0.2) is 18.2 Å². The maximum atomic E-state index is 11.8. The molecule has 1 fully saturated rings. The number of nitrogens with one attached hydrogen (secondary N) is 2. The molecule has 20 heavy (non-hydrogen) atoms. The van der Waals surface area contributed by atoms with E-state index in [4.69, 9.17) is 28.3 Å². The quantitative estimate of drug-likeness (QED) is 0.796. The fraction of sp³-hybridized carbons (Fsp3) is 0.385. The zero-order valence-corrected chi connectivity index (χ0v) is 12.1. The Labute approximate surface area is 126 Å². The second kappa shape index (κ2) is 5.89. The molecule has 0 bridgehead atoms. The molecular weight excluding hydrogens is 303 g/mol. The summed E-state index contributed by atoms with van der Waals surface area (Å²) in [6.07, 6.45) is 2.04. The van der Waals surface area contributed by atoms with E-state index in [-0.39, 0.29) is 11.6 Å². The number of benzene rings is 1. The topological polar surface area (TPSA) is 78.4 Å². The lowest BCUT2D eigenvalue weighted by Gasteiger charge is -2.37. The Morgan fingerprint density at radius 2 is 2.00 bits per heavy atom. The number of carbonyl (C=O) groups excluding carboxylic acids is 1. The molecule has 0 unspecified atom stereocenters. The average molecular weight is 317 g/mol. The van der Waals surface area contributed by atoms with Gasteiger partial charge in [-0.05, 0) is 25.0 Å². The molecule has 0 saturated heterocycles. The van der Waals surface area contributed by atoms with Crippen molar-refractivity contribution < 1.29 is 14.7 Å². The summed E-state index contributed by atoms with van der Waals surface area (Å²) in [6.45, 7) is 0.104. The van der Waals surface area contributed by atoms with Crippen LogP contribution in [0.2, 0.25) is 10.0 Å². The van der Waals surface area contributed by atoms with Gasteiger partial charge >= 0.3 is 12.0 Å². The van der Waals surface area contributed by atoms with E-state index >= 15 is 0 Å². The Bertz CT molecular complexity index is 544. The number of aliphatic carboxylic acids is 1. The van der Waals surface area contributed by atoms with E-state index in [0.29, 0.717) is 23.6 Å². The normalized spacial score (nSPS) is 16.1. The van der Waals surface area contributed by atoms with Gasteiger partial charge in [-0.1, -0.05) is 35.7 Å². The molecule has 1 aromatic carbocycles. The van der Waals surface area contributed by atoms with Crippen molar-refractivity contribution in [3.8, 4) is 0 Å². The average Bonchev–Trinajstić information content (AvgIpc) is 2.33. The van der Waals surface area contributed by atoms with Crippen LogP contribution in [-0.2, 0) is 4.79 Å². The Morgan fingerprint density at radius 3 is 2.55 bits per heavy atom. The Kier molecular flexibility index (Phi) is 4.40. The lowest BCUT2D eigenvalue weighted by molar-refractivity contribution is -0.153. The maximum Gasteiger partial charge on any atom is 0.319 e. The molecule has 0 atom stereocenters. The molecule has 0 heterocycles. The van der Waals surface area contributed by atoms with Gasteiger partial charge in [0.2, 0.25) is 0 Å². The fourth-order valence-electron chi connectivity index (χ4n) is 2.09. The van der Waals surface area contributed by atoms with Gasteiger partial charge in [0.05, 0.1) is 21.1 Å². The van der Waals surface area contributed by atoms with Crippen LogP contribution in [0.5, 0.6) is 0 Å². The first-order chi connectivity index (χ1) is 9.44. The number of hydrogen-bond acceptors (Lipinski definition) is 2. The molecule has 108 valence electrons. The molecule has 0 radical (unpaired) electrons. The third kappa shape index (κ3) is 2.99. The minimum absolute atomic E-state index is 0.104. The third-order valence-electron chi connectivity index (χ3n) is 3.55. The number of amides is 2. The number of rotatable bonds is 4. The molecule has 0 aromatic heterocycles. The van der Waals surface area contributed by atoms with E-state index in [1.807, 2.05) is 0 Å². The predicted octanol–water partition coefficient (Wildman–Crippen LogP) is 3.37. The summed E-state index contributed by atoms with van der Waals surface area (Å²) in [6, 6.07) is 4.39. The smallest absolute Gasteiger partial charge is 0.319 e. The first-order valence-electron chi connectivity index (χ1n) is 6.17. The summed E-state index contributed by atoms with van der Waals surface area (Å²) in [7, 11) is 0. The number of halogens is 2. The number of urea groups is 1. The van der Waals surface area contributed by atoms with Crippen molar-refractivity contribution in [2.75, 3.05) is 11.9 Å². The Hall–Kier alpha value is -1.46. The largest absolute Gasteiger partial charge is 0.481 e. The monoisotopic (exact) mass is 316 g/mol. The third-order valence-corrected chi connectivity index (χ3v) is 4.37. The van der Waals surface area contributed by atoms with Gasteiger partial charge in [0.1, 0.15) is 0 Å². The van der Waals surface area contributed by atoms with Crippen molar-refractivity contribution in [3.63, 3.8) is 0 Å². The molecule has 1 saturated carbocycles. The van der Waals surface area contributed by atoms with Crippen LogP contribution in [0.1, 0.15) is 19.3 Å². The van der Waals surface area contributed by atoms with Gasteiger partial charge < -0.3 is 15.7 Å². The van der Waals surface area contributed by atoms with Crippen LogP contribution < -0.4 is 10.6 Å². The molecule has 1 aromatic rings. The van der Waals surface area contributed by atoms with Crippen LogP contribution in [0.25, 0.3) is 0 Å². The highest BCUT2D eigenvalue weighted by atomic mass is 35.5. The molecule has 1 aliphatic rings. The van der Waals surface area contributed by atoms with Gasteiger partial charge in [0, 0.05) is 6.54 Å². The predicted molar refractivity (Wildman–Crippen MR) is 77.4 cm³/mol. The van der Waals surface area contributed by atoms with E-state index < -0.39 is 17.4 Å². The first-order valence-corrected chi connectivity index (χ1v) is 6.92. The van der Waals surface area contributed by atoms with Crippen LogP contribution in [0.4, 0.5) is 10.5 Å². The highest BCUT2D eigenvalue weighted by molar-refractivity contribution is 6.43. The van der Waals surface area contributed by atoms with Gasteiger partial charge in [0.25, 0.3) is 0 Å². The van der Waals surface area contributed by atoms with Crippen LogP contribution >= 0.6 is 23.2 Å². The van der Waals surface area contributed by atoms with E-state index in [9.17, 15) is 9.59 Å². The van der Waals surface area contributed by atoms with Crippen molar-refractivity contribution >= 4 is 40.9 Å². The van der Waals surface area contributed by atoms with Crippen molar-refractivity contribution in [2.45, 2.75) is 19.3 Å². The van der Waals surface area contributed by atoms with Crippen molar-refractivity contribution in [1.29, 1.82) is 0 Å². The summed E-state index contributed by atoms with van der Waals surface area (Å²) < 4.78 is 0. The van der Waals surface area contributed by atoms with Gasteiger partial charge in [-0.15, -0.1) is 0 Å². The molecule has 1 aliphatic carbocycles. The molecule has 0 aliphatic heterocycles. The maximum absolute atomic E-state index is 11.8. The minimum atomic E-state index is -0.871. The number of carbonyl (C=O) groups is 2. The van der Waals surface area contributed by atoms with Gasteiger partial charge in [-0.25, -0.2) is 4.79 Å². The highest BCUT2D eigenvalue weighted by Crippen LogP contribution is 2.40. The summed E-state index contributed by atoms with van der Waals surface area (Å²) in [5, 5.41) is 14.9. The molecule has 5 nitrogen and oxygen atoms in total. The molecule has 7 heteroatoms. The van der Waals surface area contributed by atoms with Gasteiger partial charge in [0.15, 0.2) is 0 Å². The Balaban J connectivity index is 1.93. The van der Waals surface area contributed by atoms with Crippen molar-refractivity contribution in [2.24, 2.45) is 5.41 Å². The summed E-state index contributed by atoms with van der Waals surface area (Å²) >= 11 is 11.8. The number of anilines is 1. The zero-order valence-electron chi connectivity index (χ0n) is 10.6. The summed E-state index contributed by atoms with van der Waals surface area (Å²) in [5.74, 6) is -0.871. The lowest BCUT2D eigenvalue weighted by atomic mass is 9.69. The SMILES string of the molecule is O=C(NCC1(C(=O)O)CCC1)Nc1cccc(Cl)c1Cl. The van der Waals surface area contributed by atoms with E-state index in [2.05, 4.69) is 10.6 Å². The van der Waals surface area contributed by atoms with Gasteiger partial charge in [-0.3, -0.25) is 4.79 Å². The van der Waals surface area contributed by atoms with E-state index in [0.717, 1.165) is 6.42 Å². The second-order valence-corrected chi connectivity index (χ2v) is 5.63. The Morgan fingerprint density at radius 1 is 1.30 bits per heavy atom. The van der Waals surface area contributed by atoms with Crippen LogP contribution in [0.3, 0.4) is 0 Å². The summed E-state index contributed by atoms with van der Waals surface area (Å²) in [5.41, 5.74) is -0.440. The molecule has 2 amide bonds. The number of hydrogen-bond donors (Lipinski definition) is 3. The summed E-state index contributed by atoms with van der Waals surface area (Å²) in [4.78, 5) is 22.9. The van der Waals surface area contributed by atoms with Crippen LogP contribution in [0, 0.1) is 5.41 Å². The first kappa shape index (κ1) is 14.9. The van der Waals surface area contributed by atoms with Gasteiger partial charge in [-0.2, -0.15) is 0 Å².